The SMILES string of the molecule is Cc1ccc(C(C)(C)CN(C)C(=O)[C@@H](N)CC(C)C)cc1.Cl. The van der Waals surface area contributed by atoms with Crippen LogP contribution in [0.3, 0.4) is 0 Å². The van der Waals surface area contributed by atoms with Crippen molar-refractivity contribution in [3.05, 3.63) is 35.4 Å². The van der Waals surface area contributed by atoms with E-state index in [4.69, 9.17) is 5.73 Å². The molecule has 0 saturated carbocycles. The van der Waals surface area contributed by atoms with Gasteiger partial charge in [-0.2, -0.15) is 0 Å². The Morgan fingerprint density at radius 3 is 2.18 bits per heavy atom. The third kappa shape index (κ3) is 5.98. The molecule has 0 heterocycles. The molecule has 4 heteroatoms. The van der Waals surface area contributed by atoms with Crippen molar-refractivity contribution < 1.29 is 4.79 Å². The molecule has 0 aromatic heterocycles. The van der Waals surface area contributed by atoms with E-state index >= 15 is 0 Å². The lowest BCUT2D eigenvalue weighted by molar-refractivity contribution is -0.132. The molecule has 2 N–H and O–H groups in total. The van der Waals surface area contributed by atoms with Crippen LogP contribution in [-0.2, 0) is 10.2 Å². The summed E-state index contributed by atoms with van der Waals surface area (Å²) >= 11 is 0. The van der Waals surface area contributed by atoms with E-state index in [9.17, 15) is 4.79 Å². The Balaban J connectivity index is 0.00000441. The fourth-order valence-electron chi connectivity index (χ4n) is 2.66. The number of halogens is 1. The molecule has 1 aromatic rings. The zero-order valence-electron chi connectivity index (χ0n) is 14.7. The molecule has 1 amide bonds. The summed E-state index contributed by atoms with van der Waals surface area (Å²) in [5.74, 6) is 0.464. The predicted molar refractivity (Wildman–Crippen MR) is 96.5 cm³/mol. The van der Waals surface area contributed by atoms with Crippen LogP contribution in [0.25, 0.3) is 0 Å². The molecule has 0 bridgehead atoms. The molecule has 22 heavy (non-hydrogen) atoms. The fraction of sp³-hybridized carbons (Fsp3) is 0.611. The van der Waals surface area contributed by atoms with Crippen molar-refractivity contribution in [1.29, 1.82) is 0 Å². The summed E-state index contributed by atoms with van der Waals surface area (Å²) in [4.78, 5) is 14.1. The maximum absolute atomic E-state index is 12.3. The number of nitrogens with two attached hydrogens (primary N) is 1. The van der Waals surface area contributed by atoms with Crippen LogP contribution in [0.2, 0.25) is 0 Å². The number of amides is 1. The molecule has 0 fully saturated rings. The summed E-state index contributed by atoms with van der Waals surface area (Å²) in [7, 11) is 1.85. The molecule has 0 aliphatic carbocycles. The van der Waals surface area contributed by atoms with Gasteiger partial charge in [0.25, 0.3) is 0 Å². The standard InChI is InChI=1S/C18H30N2O.ClH/c1-13(2)11-16(19)17(21)20(6)12-18(4,5)15-9-7-14(3)8-10-15;/h7-10,13,16H,11-12,19H2,1-6H3;1H/t16-;/m0./s1. The molecular formula is C18H31ClN2O. The molecule has 0 unspecified atom stereocenters. The van der Waals surface area contributed by atoms with E-state index in [0.717, 1.165) is 6.42 Å². The number of carbonyl (C=O) groups excluding carboxylic acids is 1. The molecule has 0 spiro atoms. The van der Waals surface area contributed by atoms with Crippen LogP contribution in [0.5, 0.6) is 0 Å². The van der Waals surface area contributed by atoms with E-state index < -0.39 is 6.04 Å². The topological polar surface area (TPSA) is 46.3 Å². The number of nitrogens with zero attached hydrogens (tertiary/aromatic N) is 1. The van der Waals surface area contributed by atoms with Crippen LogP contribution in [0.15, 0.2) is 24.3 Å². The van der Waals surface area contributed by atoms with Crippen molar-refractivity contribution in [2.24, 2.45) is 11.7 Å². The van der Waals surface area contributed by atoms with Crippen molar-refractivity contribution in [3.63, 3.8) is 0 Å². The second-order valence-electron chi connectivity index (χ2n) is 7.18. The highest BCUT2D eigenvalue weighted by molar-refractivity contribution is 5.85. The predicted octanol–water partition coefficient (Wildman–Crippen LogP) is 3.53. The molecular weight excluding hydrogens is 296 g/mol. The van der Waals surface area contributed by atoms with Crippen molar-refractivity contribution in [3.8, 4) is 0 Å². The highest BCUT2D eigenvalue weighted by Gasteiger charge is 2.27. The molecule has 126 valence electrons. The highest BCUT2D eigenvalue weighted by Crippen LogP contribution is 2.24. The quantitative estimate of drug-likeness (QED) is 0.869. The Hall–Kier alpha value is -1.06. The van der Waals surface area contributed by atoms with Crippen molar-refractivity contribution in [2.75, 3.05) is 13.6 Å². The van der Waals surface area contributed by atoms with Gasteiger partial charge < -0.3 is 10.6 Å². The van der Waals surface area contributed by atoms with Gasteiger partial charge in [-0.3, -0.25) is 4.79 Å². The smallest absolute Gasteiger partial charge is 0.239 e. The molecule has 0 saturated heterocycles. The molecule has 1 aromatic carbocycles. The Morgan fingerprint density at radius 2 is 1.73 bits per heavy atom. The maximum Gasteiger partial charge on any atom is 0.239 e. The number of likely N-dealkylation sites (N-methyl/N-ethyl adjacent to an activating group) is 1. The summed E-state index contributed by atoms with van der Waals surface area (Å²) in [5, 5.41) is 0. The van der Waals surface area contributed by atoms with E-state index in [1.807, 2.05) is 7.05 Å². The van der Waals surface area contributed by atoms with Crippen LogP contribution in [0.1, 0.15) is 45.2 Å². The minimum atomic E-state index is -0.399. The first kappa shape index (κ1) is 20.9. The summed E-state index contributed by atoms with van der Waals surface area (Å²) in [6.07, 6.45) is 0.730. The fourth-order valence-corrected chi connectivity index (χ4v) is 2.66. The van der Waals surface area contributed by atoms with Gasteiger partial charge in [0.05, 0.1) is 6.04 Å². The summed E-state index contributed by atoms with van der Waals surface area (Å²) in [6, 6.07) is 8.11. The van der Waals surface area contributed by atoms with Gasteiger partial charge in [0.15, 0.2) is 0 Å². The highest BCUT2D eigenvalue weighted by atomic mass is 35.5. The van der Waals surface area contributed by atoms with Crippen molar-refractivity contribution in [2.45, 2.75) is 52.5 Å². The summed E-state index contributed by atoms with van der Waals surface area (Å²) in [6.45, 7) is 11.2. The second-order valence-corrected chi connectivity index (χ2v) is 7.18. The van der Waals surface area contributed by atoms with Crippen LogP contribution < -0.4 is 5.73 Å². The average molecular weight is 327 g/mol. The van der Waals surface area contributed by atoms with Gasteiger partial charge in [0.2, 0.25) is 5.91 Å². The first-order valence-corrected chi connectivity index (χ1v) is 7.71. The van der Waals surface area contributed by atoms with E-state index in [0.29, 0.717) is 12.5 Å². The zero-order chi connectivity index (χ0) is 16.2. The lowest BCUT2D eigenvalue weighted by Crippen LogP contribution is -2.46. The Bertz CT molecular complexity index is 468. The lowest BCUT2D eigenvalue weighted by atomic mass is 9.83. The van der Waals surface area contributed by atoms with Gasteiger partial charge in [0.1, 0.15) is 0 Å². The maximum atomic E-state index is 12.3. The van der Waals surface area contributed by atoms with Gasteiger partial charge in [-0.1, -0.05) is 57.5 Å². The Morgan fingerprint density at radius 1 is 1.23 bits per heavy atom. The van der Waals surface area contributed by atoms with Gasteiger partial charge in [-0.25, -0.2) is 0 Å². The number of carbonyl (C=O) groups is 1. The Kier molecular flexibility index (Phi) is 8.13. The third-order valence-electron chi connectivity index (χ3n) is 3.88. The lowest BCUT2D eigenvalue weighted by Gasteiger charge is -2.32. The Labute approximate surface area is 141 Å². The van der Waals surface area contributed by atoms with E-state index in [-0.39, 0.29) is 23.7 Å². The van der Waals surface area contributed by atoms with Gasteiger partial charge in [-0.15, -0.1) is 12.4 Å². The van der Waals surface area contributed by atoms with Gasteiger partial charge in [-0.05, 0) is 24.8 Å². The molecule has 3 nitrogen and oxygen atoms in total. The molecule has 0 radical (unpaired) electrons. The van der Waals surface area contributed by atoms with Crippen LogP contribution >= 0.6 is 12.4 Å². The monoisotopic (exact) mass is 326 g/mol. The number of benzene rings is 1. The molecule has 0 aliphatic heterocycles. The van der Waals surface area contributed by atoms with E-state index in [1.165, 1.54) is 11.1 Å². The van der Waals surface area contributed by atoms with Gasteiger partial charge >= 0.3 is 0 Å². The number of hydrogen-bond acceptors (Lipinski definition) is 2. The third-order valence-corrected chi connectivity index (χ3v) is 3.88. The van der Waals surface area contributed by atoms with E-state index in [1.54, 1.807) is 4.90 Å². The van der Waals surface area contributed by atoms with Gasteiger partial charge in [0, 0.05) is 19.0 Å². The van der Waals surface area contributed by atoms with Crippen LogP contribution in [0, 0.1) is 12.8 Å². The molecule has 1 atom stereocenters. The van der Waals surface area contributed by atoms with Crippen molar-refractivity contribution >= 4 is 18.3 Å². The largest absolute Gasteiger partial charge is 0.344 e. The zero-order valence-corrected chi connectivity index (χ0v) is 15.5. The average Bonchev–Trinajstić information content (AvgIpc) is 2.36. The minimum Gasteiger partial charge on any atom is -0.344 e. The number of rotatable bonds is 6. The first-order chi connectivity index (χ1) is 9.63. The molecule has 0 aliphatic rings. The number of aryl methyl sites for hydroxylation is 1. The second kappa shape index (κ2) is 8.54. The van der Waals surface area contributed by atoms with E-state index in [2.05, 4.69) is 58.9 Å². The molecule has 1 rings (SSSR count). The minimum absolute atomic E-state index is 0. The first-order valence-electron chi connectivity index (χ1n) is 7.71. The number of hydrogen-bond donors (Lipinski definition) is 1. The van der Waals surface area contributed by atoms with Crippen molar-refractivity contribution in [1.82, 2.24) is 4.90 Å². The normalized spacial score (nSPS) is 12.7. The summed E-state index contributed by atoms with van der Waals surface area (Å²) < 4.78 is 0. The summed E-state index contributed by atoms with van der Waals surface area (Å²) in [5.41, 5.74) is 8.41. The van der Waals surface area contributed by atoms with Crippen LogP contribution in [0.4, 0.5) is 0 Å². The van der Waals surface area contributed by atoms with Crippen LogP contribution in [-0.4, -0.2) is 30.4 Å².